The quantitative estimate of drug-likeness (QED) is 0.453. The highest BCUT2D eigenvalue weighted by atomic mass is 16.5. The average Bonchev–Trinajstić information content (AvgIpc) is 2.91. The molecule has 41 heavy (non-hydrogen) atoms. The molecule has 7 heteroatoms. The summed E-state index contributed by atoms with van der Waals surface area (Å²) in [5, 5.41) is 7.14. The van der Waals surface area contributed by atoms with Crippen molar-refractivity contribution in [3.05, 3.63) is 0 Å². The van der Waals surface area contributed by atoms with Crippen LogP contribution in [0.25, 0.3) is 0 Å². The Labute approximate surface area is 247 Å². The predicted molar refractivity (Wildman–Crippen MR) is 158 cm³/mol. The highest BCUT2D eigenvalue weighted by Gasteiger charge is 2.62. The summed E-state index contributed by atoms with van der Waals surface area (Å²) in [6.07, 6.45) is 16.9. The second kappa shape index (κ2) is 10.0. The molecule has 4 amide bonds. The molecule has 0 radical (unpaired) electrons. The molecule has 10 aliphatic rings. The Morgan fingerprint density at radius 3 is 1.39 bits per heavy atom. The van der Waals surface area contributed by atoms with Gasteiger partial charge in [-0.1, -0.05) is 13.8 Å². The first-order valence-corrected chi connectivity index (χ1v) is 17.6. The summed E-state index contributed by atoms with van der Waals surface area (Å²) in [5.41, 5.74) is 0.0391. The third kappa shape index (κ3) is 4.88. The summed E-state index contributed by atoms with van der Waals surface area (Å²) in [6.45, 7) is 8.21. The largest absolute Gasteiger partial charge is 0.368 e. The van der Waals surface area contributed by atoms with E-state index < -0.39 is 0 Å². The van der Waals surface area contributed by atoms with Gasteiger partial charge in [0.1, 0.15) is 0 Å². The number of rotatable bonds is 4. The predicted octanol–water partition coefficient (Wildman–Crippen LogP) is 5.78. The van der Waals surface area contributed by atoms with Gasteiger partial charge in [0.15, 0.2) is 0 Å². The van der Waals surface area contributed by atoms with E-state index in [1.807, 2.05) is 0 Å². The average molecular weight is 567 g/mol. The SMILES string of the molecule is C[C@H]1CCCN(C(=O)NC2C3CC4CC2CC(OC25CC6CC(C2)C(NC(=O)N2CCC[C@H](C)C2)C(C6)C5)(C4)C3)C1. The molecule has 4 unspecified atom stereocenters. The minimum atomic E-state index is 0.0196. The van der Waals surface area contributed by atoms with Gasteiger partial charge in [0, 0.05) is 38.3 Å². The molecule has 6 atom stereocenters. The van der Waals surface area contributed by atoms with Crippen molar-refractivity contribution in [2.24, 2.45) is 47.3 Å². The van der Waals surface area contributed by atoms with Crippen LogP contribution in [0.3, 0.4) is 0 Å². The summed E-state index contributed by atoms with van der Waals surface area (Å²) in [5.74, 6) is 5.05. The molecule has 0 aromatic heterocycles. The van der Waals surface area contributed by atoms with Crippen LogP contribution in [0, 0.1) is 47.3 Å². The van der Waals surface area contributed by atoms with E-state index >= 15 is 0 Å². The van der Waals surface area contributed by atoms with Gasteiger partial charge in [0.2, 0.25) is 0 Å². The van der Waals surface area contributed by atoms with Crippen molar-refractivity contribution in [1.82, 2.24) is 20.4 Å². The minimum Gasteiger partial charge on any atom is -0.368 e. The molecule has 2 aliphatic heterocycles. The van der Waals surface area contributed by atoms with E-state index in [9.17, 15) is 9.59 Å². The summed E-state index contributed by atoms with van der Waals surface area (Å²) < 4.78 is 7.57. The number of nitrogens with one attached hydrogen (secondary N) is 2. The topological polar surface area (TPSA) is 73.9 Å². The molecule has 2 N–H and O–H groups in total. The van der Waals surface area contributed by atoms with E-state index in [-0.39, 0.29) is 23.3 Å². The molecule has 10 fully saturated rings. The van der Waals surface area contributed by atoms with Crippen LogP contribution >= 0.6 is 0 Å². The van der Waals surface area contributed by atoms with Gasteiger partial charge >= 0.3 is 12.1 Å². The Bertz CT molecular complexity index is 937. The molecule has 7 nitrogen and oxygen atoms in total. The first kappa shape index (κ1) is 27.1. The van der Waals surface area contributed by atoms with E-state index in [2.05, 4.69) is 34.3 Å². The number of likely N-dealkylation sites (tertiary alicyclic amines) is 2. The number of hydrogen-bond donors (Lipinski definition) is 2. The normalized spacial score (nSPS) is 49.8. The van der Waals surface area contributed by atoms with Crippen molar-refractivity contribution in [2.75, 3.05) is 26.2 Å². The Hall–Kier alpha value is -1.50. The van der Waals surface area contributed by atoms with Crippen molar-refractivity contribution in [2.45, 2.75) is 127 Å². The Morgan fingerprint density at radius 2 is 1.02 bits per heavy atom. The second-order valence-corrected chi connectivity index (χ2v) is 16.7. The maximum absolute atomic E-state index is 13.3. The van der Waals surface area contributed by atoms with Gasteiger partial charge in [-0.25, -0.2) is 9.59 Å². The lowest BCUT2D eigenvalue weighted by molar-refractivity contribution is -0.272. The molecule has 0 spiro atoms. The van der Waals surface area contributed by atoms with E-state index in [4.69, 9.17) is 4.74 Å². The van der Waals surface area contributed by atoms with Crippen LogP contribution in [-0.4, -0.2) is 71.3 Å². The highest BCUT2D eigenvalue weighted by molar-refractivity contribution is 5.75. The molecule has 2 saturated heterocycles. The van der Waals surface area contributed by atoms with Gasteiger partial charge in [-0.2, -0.15) is 0 Å². The van der Waals surface area contributed by atoms with Crippen LogP contribution in [0.2, 0.25) is 0 Å². The standard InChI is InChI=1S/C34H54N4O3/c1-21-5-3-7-37(19-21)31(39)35-29-25-9-23-10-26(29)16-33(13-23,15-25)41-34-14-24-11-27(17-34)30(28(12-24)18-34)36-32(40)38-8-4-6-22(2)20-38/h21-30H,3-20H2,1-2H3,(H,35,39)(H,36,40)/t21-,22-,23?,24?,25?,26?,27?,28?,29?,30?,33?,34?/m0/s1. The van der Waals surface area contributed by atoms with Crippen LogP contribution in [0.4, 0.5) is 9.59 Å². The lowest BCUT2D eigenvalue weighted by Crippen LogP contribution is -2.68. The number of urea groups is 2. The highest BCUT2D eigenvalue weighted by Crippen LogP contribution is 2.63. The zero-order chi connectivity index (χ0) is 27.9. The molecule has 0 aromatic rings. The first-order valence-electron chi connectivity index (χ1n) is 17.6. The lowest BCUT2D eigenvalue weighted by Gasteiger charge is -2.65. The zero-order valence-electron chi connectivity index (χ0n) is 25.6. The maximum Gasteiger partial charge on any atom is 0.317 e. The van der Waals surface area contributed by atoms with Gasteiger partial charge in [-0.15, -0.1) is 0 Å². The second-order valence-electron chi connectivity index (χ2n) is 16.7. The smallest absolute Gasteiger partial charge is 0.317 e. The number of piperidine rings is 2. The third-order valence-corrected chi connectivity index (χ3v) is 13.3. The van der Waals surface area contributed by atoms with E-state index in [1.54, 1.807) is 0 Å². The van der Waals surface area contributed by atoms with Gasteiger partial charge in [-0.3, -0.25) is 0 Å². The van der Waals surface area contributed by atoms with Crippen molar-refractivity contribution in [3.63, 3.8) is 0 Å². The molecule has 0 aromatic carbocycles. The van der Waals surface area contributed by atoms with Gasteiger partial charge in [-0.05, 0) is 137 Å². The van der Waals surface area contributed by atoms with E-state index in [0.717, 1.165) is 76.5 Å². The Kier molecular flexibility index (Phi) is 6.62. The number of amides is 4. The number of hydrogen-bond acceptors (Lipinski definition) is 3. The third-order valence-electron chi connectivity index (χ3n) is 13.3. The minimum absolute atomic E-state index is 0.0196. The van der Waals surface area contributed by atoms with Gasteiger partial charge in [0.25, 0.3) is 0 Å². The molecule has 8 aliphatic carbocycles. The number of carbonyl (C=O) groups excluding carboxylic acids is 2. The molecular formula is C34H54N4O3. The fourth-order valence-electron chi connectivity index (χ4n) is 12.3. The molecule has 228 valence electrons. The molecule has 8 bridgehead atoms. The van der Waals surface area contributed by atoms with Crippen LogP contribution in [0.1, 0.15) is 104 Å². The summed E-state index contributed by atoms with van der Waals surface area (Å²) >= 11 is 0. The van der Waals surface area contributed by atoms with Crippen molar-refractivity contribution in [1.29, 1.82) is 0 Å². The van der Waals surface area contributed by atoms with Crippen molar-refractivity contribution in [3.8, 4) is 0 Å². The first-order chi connectivity index (χ1) is 19.8. The number of ether oxygens (including phenoxy) is 1. The molecule has 8 saturated carbocycles. The summed E-state index contributed by atoms with van der Waals surface area (Å²) in [7, 11) is 0. The maximum atomic E-state index is 13.3. The molecule has 10 rings (SSSR count). The van der Waals surface area contributed by atoms with Crippen molar-refractivity contribution >= 4 is 12.1 Å². The Balaban J connectivity index is 0.931. The van der Waals surface area contributed by atoms with Gasteiger partial charge < -0.3 is 25.2 Å². The van der Waals surface area contributed by atoms with E-state index in [0.29, 0.717) is 47.6 Å². The summed E-state index contributed by atoms with van der Waals surface area (Å²) in [4.78, 5) is 30.7. The zero-order valence-corrected chi connectivity index (χ0v) is 25.6. The Morgan fingerprint density at radius 1 is 0.634 bits per heavy atom. The van der Waals surface area contributed by atoms with Crippen LogP contribution < -0.4 is 10.6 Å². The lowest BCUT2D eigenvalue weighted by atomic mass is 9.50. The monoisotopic (exact) mass is 566 g/mol. The van der Waals surface area contributed by atoms with Crippen LogP contribution in [-0.2, 0) is 4.74 Å². The number of carbonyl (C=O) groups is 2. The van der Waals surface area contributed by atoms with Gasteiger partial charge in [0.05, 0.1) is 11.2 Å². The van der Waals surface area contributed by atoms with Crippen LogP contribution in [0.5, 0.6) is 0 Å². The number of nitrogens with zero attached hydrogens (tertiary/aromatic N) is 2. The van der Waals surface area contributed by atoms with E-state index in [1.165, 1.54) is 51.4 Å². The summed E-state index contributed by atoms with van der Waals surface area (Å²) in [6, 6.07) is 1.05. The molecular weight excluding hydrogens is 512 g/mol. The fourth-order valence-corrected chi connectivity index (χ4v) is 12.3. The van der Waals surface area contributed by atoms with Crippen LogP contribution in [0.15, 0.2) is 0 Å². The molecule has 2 heterocycles. The fraction of sp³-hybridized carbons (Fsp3) is 0.941. The van der Waals surface area contributed by atoms with Crippen molar-refractivity contribution < 1.29 is 14.3 Å².